The molecular weight excluding hydrogens is 550 g/mol. The van der Waals surface area contributed by atoms with Crippen LogP contribution >= 0.6 is 15.9 Å². The van der Waals surface area contributed by atoms with Crippen molar-refractivity contribution in [1.82, 2.24) is 9.97 Å². The zero-order valence-corrected chi connectivity index (χ0v) is 17.2. The predicted octanol–water partition coefficient (Wildman–Crippen LogP) is 3.20. The van der Waals surface area contributed by atoms with Crippen molar-refractivity contribution < 1.29 is 46.8 Å². The molecule has 0 bridgehead atoms. The van der Waals surface area contributed by atoms with Gasteiger partial charge in [-0.05, 0) is 22.0 Å². The van der Waals surface area contributed by atoms with Crippen LogP contribution in [0.4, 0.5) is 0 Å². The minimum atomic E-state index is 0. The maximum Gasteiger partial charge on any atom is 0.140 e. The number of ether oxygens (including phenoxy) is 3. The van der Waals surface area contributed by atoms with Gasteiger partial charge in [0.05, 0.1) is 39.9 Å². The number of hydrogen-bond acceptors (Lipinski definition) is 5. The van der Waals surface area contributed by atoms with E-state index >= 15 is 0 Å². The van der Waals surface area contributed by atoms with Crippen molar-refractivity contribution in [3.05, 3.63) is 41.4 Å². The Hall–Kier alpha value is -0.768. The molecule has 0 aromatic carbocycles. The van der Waals surface area contributed by atoms with Crippen LogP contribution < -0.4 is 14.2 Å². The zero-order chi connectivity index (χ0) is 14.1. The SMILES string of the molecule is COc1cncc(Br)c1.COc1cncc(OC)c1.[3HH].[U]. The Bertz CT molecular complexity index is 501. The molecule has 0 aliphatic carbocycles. The molecule has 5 nitrogen and oxygen atoms in total. The van der Waals surface area contributed by atoms with Crippen molar-refractivity contribution >= 4 is 15.9 Å². The summed E-state index contributed by atoms with van der Waals surface area (Å²) in [5.74, 6) is 2.18. The molecule has 7 heteroatoms. The second-order valence-corrected chi connectivity index (χ2v) is 4.22. The molecule has 2 aromatic rings. The van der Waals surface area contributed by atoms with Crippen molar-refractivity contribution in [3.8, 4) is 17.2 Å². The standard InChI is InChI=1S/C7H9NO2.C6H6BrNO.U.H2/c1-9-6-3-7(10-2)5-8-4-6;1-9-6-2-5(7)3-8-4-6;;/h3-5H,1-2H3;2-4H,1H3;;1H/i;;;1+2. The van der Waals surface area contributed by atoms with Gasteiger partial charge in [0.1, 0.15) is 17.2 Å². The number of rotatable bonds is 3. The summed E-state index contributed by atoms with van der Waals surface area (Å²) >= 11 is 3.26. The first-order chi connectivity index (χ1) is 9.19. The third kappa shape index (κ3) is 7.13. The van der Waals surface area contributed by atoms with E-state index in [1.807, 2.05) is 6.07 Å². The molecule has 2 heterocycles. The Morgan fingerprint density at radius 3 is 1.55 bits per heavy atom. The number of pyridine rings is 2. The van der Waals surface area contributed by atoms with Gasteiger partial charge in [0.2, 0.25) is 0 Å². The molecule has 0 atom stereocenters. The molecule has 0 N–H and O–H groups in total. The van der Waals surface area contributed by atoms with Gasteiger partial charge >= 0.3 is 0 Å². The summed E-state index contributed by atoms with van der Waals surface area (Å²) in [6.07, 6.45) is 6.62. The van der Waals surface area contributed by atoms with Crippen LogP contribution in [0.15, 0.2) is 41.4 Å². The van der Waals surface area contributed by atoms with Crippen LogP contribution in [0.2, 0.25) is 0 Å². The van der Waals surface area contributed by atoms with Gasteiger partial charge in [0, 0.05) is 49.3 Å². The summed E-state index contributed by atoms with van der Waals surface area (Å²) in [7, 11) is 4.80. The Labute approximate surface area is 152 Å². The van der Waals surface area contributed by atoms with Gasteiger partial charge in [-0.1, -0.05) is 0 Å². The van der Waals surface area contributed by atoms with Gasteiger partial charge in [-0.3, -0.25) is 9.97 Å². The largest absolute Gasteiger partial charge is 0.495 e. The van der Waals surface area contributed by atoms with Crippen molar-refractivity contribution in [2.24, 2.45) is 0 Å². The molecule has 0 aliphatic rings. The van der Waals surface area contributed by atoms with Gasteiger partial charge in [0.15, 0.2) is 0 Å². The second-order valence-electron chi connectivity index (χ2n) is 3.31. The van der Waals surface area contributed by atoms with Crippen LogP contribution in [0.1, 0.15) is 1.43 Å². The Kier molecular flexibility index (Phi) is 10.5. The van der Waals surface area contributed by atoms with Crippen LogP contribution in [0.5, 0.6) is 17.2 Å². The molecule has 2 aromatic heterocycles. The fourth-order valence-electron chi connectivity index (χ4n) is 1.13. The number of halogens is 1. The summed E-state index contributed by atoms with van der Waals surface area (Å²) in [6.45, 7) is 0. The molecule has 0 aliphatic heterocycles. The van der Waals surface area contributed by atoms with Crippen LogP contribution in [0, 0.1) is 31.1 Å². The van der Waals surface area contributed by atoms with Crippen LogP contribution in [-0.2, 0) is 0 Å². The summed E-state index contributed by atoms with van der Waals surface area (Å²) in [5.41, 5.74) is 0. The summed E-state index contributed by atoms with van der Waals surface area (Å²) in [6, 6.07) is 3.62. The first kappa shape index (κ1) is 19.2. The first-order valence-corrected chi connectivity index (χ1v) is 6.16. The number of methoxy groups -OCH3 is 3. The van der Waals surface area contributed by atoms with E-state index in [4.69, 9.17) is 14.2 Å². The normalized spacial score (nSPS) is 8.60. The molecule has 0 saturated carbocycles. The molecule has 0 spiro atoms. The van der Waals surface area contributed by atoms with E-state index in [-0.39, 0.29) is 32.5 Å². The monoisotopic (exact) mass is 568 g/mol. The maximum atomic E-state index is 4.91. The van der Waals surface area contributed by atoms with Gasteiger partial charge in [-0.15, -0.1) is 0 Å². The van der Waals surface area contributed by atoms with E-state index in [9.17, 15) is 0 Å². The first-order valence-electron chi connectivity index (χ1n) is 5.37. The number of hydrogen-bond donors (Lipinski definition) is 0. The van der Waals surface area contributed by atoms with Crippen molar-refractivity contribution in [1.29, 1.82) is 0 Å². The fourth-order valence-corrected chi connectivity index (χ4v) is 1.47. The van der Waals surface area contributed by atoms with Crippen molar-refractivity contribution in [3.63, 3.8) is 0 Å². The summed E-state index contributed by atoms with van der Waals surface area (Å²) in [4.78, 5) is 7.76. The molecule has 0 fully saturated rings. The van der Waals surface area contributed by atoms with Crippen molar-refractivity contribution in [2.75, 3.05) is 21.3 Å². The Balaban J connectivity index is 0. The van der Waals surface area contributed by atoms with Crippen molar-refractivity contribution in [2.45, 2.75) is 0 Å². The molecule has 108 valence electrons. The minimum absolute atomic E-state index is 0. The predicted molar refractivity (Wildman–Crippen MR) is 77.9 cm³/mol. The molecule has 20 heavy (non-hydrogen) atoms. The average molecular weight is 569 g/mol. The van der Waals surface area contributed by atoms with Gasteiger partial charge in [-0.25, -0.2) is 0 Å². The van der Waals surface area contributed by atoms with Gasteiger partial charge in [-0.2, -0.15) is 0 Å². The average Bonchev–Trinajstić information content (AvgIpc) is 2.48. The third-order valence-corrected chi connectivity index (χ3v) is 2.51. The number of nitrogens with zero attached hydrogens (tertiary/aromatic N) is 2. The minimum Gasteiger partial charge on any atom is -0.495 e. The molecule has 0 saturated heterocycles. The van der Waals surface area contributed by atoms with Gasteiger partial charge in [0.25, 0.3) is 0 Å². The van der Waals surface area contributed by atoms with E-state index in [0.717, 1.165) is 10.2 Å². The molecule has 2 rings (SSSR count). The van der Waals surface area contributed by atoms with E-state index in [0.29, 0.717) is 11.5 Å². The van der Waals surface area contributed by atoms with Crippen LogP contribution in [0.3, 0.4) is 0 Å². The zero-order valence-electron chi connectivity index (χ0n) is 11.5. The second kappa shape index (κ2) is 11.0. The topological polar surface area (TPSA) is 53.5 Å². The third-order valence-electron chi connectivity index (χ3n) is 2.07. The Morgan fingerprint density at radius 1 is 0.800 bits per heavy atom. The van der Waals surface area contributed by atoms with E-state index in [1.165, 1.54) is 0 Å². The van der Waals surface area contributed by atoms with Crippen LogP contribution in [-0.4, -0.2) is 31.3 Å². The summed E-state index contributed by atoms with van der Waals surface area (Å²) in [5, 5.41) is 0. The maximum absolute atomic E-state index is 4.91. The molecule has 0 unspecified atom stereocenters. The van der Waals surface area contributed by atoms with Crippen LogP contribution in [0.25, 0.3) is 0 Å². The quantitative estimate of drug-likeness (QED) is 0.569. The Morgan fingerprint density at radius 2 is 1.20 bits per heavy atom. The summed E-state index contributed by atoms with van der Waals surface area (Å²) < 4.78 is 15.7. The smallest absolute Gasteiger partial charge is 0.140 e. The van der Waals surface area contributed by atoms with Gasteiger partial charge < -0.3 is 14.2 Å². The van der Waals surface area contributed by atoms with E-state index in [2.05, 4.69) is 25.9 Å². The fraction of sp³-hybridized carbons (Fsp3) is 0.231. The van der Waals surface area contributed by atoms with E-state index < -0.39 is 0 Å². The number of aromatic nitrogens is 2. The molecule has 0 radical (unpaired) electrons. The molecular formula is C13H17BrN2O3U. The van der Waals surface area contributed by atoms with E-state index in [1.54, 1.807) is 52.2 Å². The molecule has 0 amide bonds.